The summed E-state index contributed by atoms with van der Waals surface area (Å²) < 4.78 is 35.0. The summed E-state index contributed by atoms with van der Waals surface area (Å²) in [5.74, 6) is 2.22. The first-order valence-corrected chi connectivity index (χ1v) is 12.5. The highest BCUT2D eigenvalue weighted by Crippen LogP contribution is 2.31. The molecular weight excluding hydrogens is 408 g/mol. The second kappa shape index (κ2) is 9.59. The minimum absolute atomic E-state index is 0.217. The molecule has 1 saturated heterocycles. The number of sulfonamides is 1. The Morgan fingerprint density at radius 2 is 1.90 bits per heavy atom. The third-order valence-electron chi connectivity index (χ3n) is 4.94. The molecule has 0 unspecified atom stereocenters. The number of aromatic nitrogens is 3. The summed E-state index contributed by atoms with van der Waals surface area (Å²) in [5, 5.41) is 9.73. The average molecular weight is 439 g/mol. The van der Waals surface area contributed by atoms with Crippen LogP contribution in [-0.2, 0) is 14.8 Å². The van der Waals surface area contributed by atoms with Gasteiger partial charge in [0.25, 0.3) is 0 Å². The van der Waals surface area contributed by atoms with Crippen LogP contribution in [0.5, 0.6) is 0 Å². The van der Waals surface area contributed by atoms with Crippen LogP contribution >= 0.6 is 11.8 Å². The number of thioether (sulfide) groups is 1. The summed E-state index contributed by atoms with van der Waals surface area (Å²) in [7, 11) is -3.56. The average Bonchev–Trinajstić information content (AvgIpc) is 3.16. The van der Waals surface area contributed by atoms with Crippen molar-refractivity contribution in [2.45, 2.75) is 50.2 Å². The maximum atomic E-state index is 13.1. The topological polar surface area (TPSA) is 77.3 Å². The highest BCUT2D eigenvalue weighted by atomic mass is 32.2. The van der Waals surface area contributed by atoms with Gasteiger partial charge in [-0.05, 0) is 31.4 Å². The van der Waals surface area contributed by atoms with E-state index in [2.05, 4.69) is 42.5 Å². The molecule has 1 aromatic carbocycles. The Morgan fingerprint density at radius 3 is 2.55 bits per heavy atom. The smallest absolute Gasteiger partial charge is 0.243 e. The highest BCUT2D eigenvalue weighted by molar-refractivity contribution is 7.99. The van der Waals surface area contributed by atoms with Crippen LogP contribution in [0.2, 0.25) is 0 Å². The Kier molecular flexibility index (Phi) is 7.37. The minimum Gasteiger partial charge on any atom is -0.379 e. The van der Waals surface area contributed by atoms with Gasteiger partial charge in [-0.1, -0.05) is 44.7 Å². The Balaban J connectivity index is 1.98. The van der Waals surface area contributed by atoms with Crippen molar-refractivity contribution in [3.8, 4) is 11.4 Å². The zero-order valence-electron chi connectivity index (χ0n) is 17.5. The molecule has 2 aromatic rings. The quantitative estimate of drug-likeness (QED) is 0.585. The molecule has 1 aromatic heterocycles. The van der Waals surface area contributed by atoms with Gasteiger partial charge in [-0.3, -0.25) is 4.57 Å². The lowest BCUT2D eigenvalue weighted by molar-refractivity contribution is 0.0730. The maximum absolute atomic E-state index is 13.1. The van der Waals surface area contributed by atoms with Crippen LogP contribution in [0.25, 0.3) is 11.4 Å². The Hall–Kier alpha value is -1.42. The van der Waals surface area contributed by atoms with Crippen molar-refractivity contribution in [1.82, 2.24) is 19.1 Å². The fourth-order valence-corrected chi connectivity index (χ4v) is 5.57. The van der Waals surface area contributed by atoms with E-state index < -0.39 is 10.0 Å². The second-order valence-corrected chi connectivity index (χ2v) is 10.6. The lowest BCUT2D eigenvalue weighted by Crippen LogP contribution is -2.40. The molecule has 1 aliphatic rings. The van der Waals surface area contributed by atoms with E-state index in [-0.39, 0.29) is 10.9 Å². The zero-order chi connectivity index (χ0) is 21.0. The molecule has 160 valence electrons. The third-order valence-corrected chi connectivity index (χ3v) is 8.21. The van der Waals surface area contributed by atoms with E-state index in [0.29, 0.717) is 38.0 Å². The van der Waals surface area contributed by atoms with Gasteiger partial charge in [0.1, 0.15) is 0 Å². The highest BCUT2D eigenvalue weighted by Gasteiger charge is 2.27. The van der Waals surface area contributed by atoms with Crippen LogP contribution in [-0.4, -0.2) is 59.5 Å². The summed E-state index contributed by atoms with van der Waals surface area (Å²) in [4.78, 5) is 0.284. The summed E-state index contributed by atoms with van der Waals surface area (Å²) in [6.45, 7) is 10.2. The minimum atomic E-state index is -3.56. The fourth-order valence-electron chi connectivity index (χ4n) is 3.13. The van der Waals surface area contributed by atoms with Gasteiger partial charge in [0.15, 0.2) is 11.0 Å². The molecule has 0 saturated carbocycles. The lowest BCUT2D eigenvalue weighted by Gasteiger charge is -2.26. The molecule has 0 amide bonds. The van der Waals surface area contributed by atoms with Crippen LogP contribution in [0.1, 0.15) is 40.2 Å². The maximum Gasteiger partial charge on any atom is 0.243 e. The summed E-state index contributed by atoms with van der Waals surface area (Å²) >= 11 is 1.70. The number of hydrogen-bond acceptors (Lipinski definition) is 6. The molecule has 0 aliphatic carbocycles. The van der Waals surface area contributed by atoms with E-state index in [0.717, 1.165) is 22.9 Å². The number of nitrogens with zero attached hydrogens (tertiary/aromatic N) is 4. The monoisotopic (exact) mass is 438 g/mol. The molecule has 0 radical (unpaired) electrons. The third kappa shape index (κ3) is 5.02. The van der Waals surface area contributed by atoms with Crippen molar-refractivity contribution < 1.29 is 13.2 Å². The number of benzene rings is 1. The molecule has 1 aliphatic heterocycles. The number of ether oxygens (including phenoxy) is 1. The van der Waals surface area contributed by atoms with E-state index in [1.165, 1.54) is 4.31 Å². The molecule has 0 bridgehead atoms. The molecule has 9 heteroatoms. The van der Waals surface area contributed by atoms with Crippen molar-refractivity contribution in [2.75, 3.05) is 32.1 Å². The number of rotatable bonds is 8. The number of hydrogen-bond donors (Lipinski definition) is 0. The van der Waals surface area contributed by atoms with Crippen LogP contribution in [0.3, 0.4) is 0 Å². The van der Waals surface area contributed by atoms with E-state index in [1.54, 1.807) is 30.0 Å². The molecule has 0 spiro atoms. The van der Waals surface area contributed by atoms with Gasteiger partial charge in [0.05, 0.1) is 18.1 Å². The number of morpholine rings is 1. The summed E-state index contributed by atoms with van der Waals surface area (Å²) in [6, 6.07) is 7.25. The van der Waals surface area contributed by atoms with Crippen molar-refractivity contribution in [2.24, 2.45) is 5.92 Å². The van der Waals surface area contributed by atoms with Gasteiger partial charge in [-0.15, -0.1) is 10.2 Å². The fraction of sp³-hybridized carbons (Fsp3) is 0.600. The molecule has 0 N–H and O–H groups in total. The van der Waals surface area contributed by atoms with Crippen molar-refractivity contribution in [3.05, 3.63) is 24.3 Å². The van der Waals surface area contributed by atoms with Crippen LogP contribution in [0.15, 0.2) is 34.3 Å². The summed E-state index contributed by atoms with van der Waals surface area (Å²) in [6.07, 6.45) is 0.937. The standard InChI is InChI=1S/C20H30N4O3S2/c1-5-16(4)24-19(21-22-20(24)28-14-15(2)3)17-7-6-8-18(13-17)29(25,26)23-9-11-27-12-10-23/h6-8,13,15-16H,5,9-12,14H2,1-4H3/t16-/m0/s1. The van der Waals surface area contributed by atoms with Crippen LogP contribution in [0, 0.1) is 5.92 Å². The Morgan fingerprint density at radius 1 is 1.17 bits per heavy atom. The molecule has 1 fully saturated rings. The predicted molar refractivity (Wildman–Crippen MR) is 116 cm³/mol. The predicted octanol–water partition coefficient (Wildman–Crippen LogP) is 3.69. The van der Waals surface area contributed by atoms with Gasteiger partial charge in [-0.2, -0.15) is 4.31 Å². The van der Waals surface area contributed by atoms with Crippen molar-refractivity contribution in [1.29, 1.82) is 0 Å². The van der Waals surface area contributed by atoms with E-state index in [4.69, 9.17) is 4.74 Å². The molecule has 7 nitrogen and oxygen atoms in total. The lowest BCUT2D eigenvalue weighted by atomic mass is 10.2. The zero-order valence-corrected chi connectivity index (χ0v) is 19.2. The van der Waals surface area contributed by atoms with E-state index in [1.807, 2.05) is 6.07 Å². The molecule has 1 atom stereocenters. The largest absolute Gasteiger partial charge is 0.379 e. The normalized spacial score (nSPS) is 17.0. The van der Waals surface area contributed by atoms with Crippen molar-refractivity contribution in [3.63, 3.8) is 0 Å². The van der Waals surface area contributed by atoms with Gasteiger partial charge < -0.3 is 4.74 Å². The molecule has 29 heavy (non-hydrogen) atoms. The first-order valence-electron chi connectivity index (χ1n) is 10.1. The van der Waals surface area contributed by atoms with Crippen molar-refractivity contribution >= 4 is 21.8 Å². The van der Waals surface area contributed by atoms with Crippen LogP contribution < -0.4 is 0 Å². The van der Waals surface area contributed by atoms with Gasteiger partial charge in [0.2, 0.25) is 10.0 Å². The molecule has 2 heterocycles. The first kappa shape index (κ1) is 22.3. The van der Waals surface area contributed by atoms with E-state index in [9.17, 15) is 8.42 Å². The van der Waals surface area contributed by atoms with Gasteiger partial charge in [-0.25, -0.2) is 8.42 Å². The second-order valence-electron chi connectivity index (χ2n) is 7.68. The Bertz CT molecular complexity index is 922. The van der Waals surface area contributed by atoms with Gasteiger partial charge in [0, 0.05) is 30.4 Å². The van der Waals surface area contributed by atoms with Crippen LogP contribution in [0.4, 0.5) is 0 Å². The first-order chi connectivity index (χ1) is 13.8. The SMILES string of the molecule is CC[C@H](C)n1c(SCC(C)C)nnc1-c1cccc(S(=O)(=O)N2CCOCC2)c1. The van der Waals surface area contributed by atoms with Gasteiger partial charge >= 0.3 is 0 Å². The molecular formula is C20H30N4O3S2. The van der Waals surface area contributed by atoms with E-state index >= 15 is 0 Å². The Labute approximate surface area is 177 Å². The molecule has 3 rings (SSSR count). The summed E-state index contributed by atoms with van der Waals surface area (Å²) in [5.41, 5.74) is 0.767.